The van der Waals surface area contributed by atoms with Gasteiger partial charge in [-0.15, -0.1) is 0 Å². The maximum absolute atomic E-state index is 12.4. The molecule has 0 aromatic heterocycles. The molecule has 0 unspecified atom stereocenters. The first-order valence-electron chi connectivity index (χ1n) is 7.53. The fourth-order valence-corrected chi connectivity index (χ4v) is 2.22. The molecular formula is C18H19N3O4. The van der Waals surface area contributed by atoms with E-state index in [0.29, 0.717) is 28.3 Å². The van der Waals surface area contributed by atoms with Crippen molar-refractivity contribution in [3.05, 3.63) is 53.6 Å². The number of nitrogens with one attached hydrogen (secondary N) is 3. The van der Waals surface area contributed by atoms with E-state index >= 15 is 0 Å². The number of hydrogen-bond acceptors (Lipinski definition) is 4. The molecule has 2 aromatic rings. The Balaban J connectivity index is 2.23. The molecule has 0 atom stereocenters. The largest absolute Gasteiger partial charge is 0.495 e. The first kappa shape index (κ1) is 18.0. The predicted octanol–water partition coefficient (Wildman–Crippen LogP) is 2.27. The van der Waals surface area contributed by atoms with Gasteiger partial charge in [0, 0.05) is 30.8 Å². The van der Waals surface area contributed by atoms with Gasteiger partial charge in [-0.1, -0.05) is 6.07 Å². The van der Waals surface area contributed by atoms with Crippen LogP contribution < -0.4 is 20.7 Å². The summed E-state index contributed by atoms with van der Waals surface area (Å²) in [4.78, 5) is 35.2. The van der Waals surface area contributed by atoms with Crippen LogP contribution in [0.5, 0.6) is 5.75 Å². The lowest BCUT2D eigenvalue weighted by Gasteiger charge is -2.12. The molecule has 0 aliphatic rings. The molecule has 0 fully saturated rings. The summed E-state index contributed by atoms with van der Waals surface area (Å²) in [5, 5.41) is 7.88. The number of anilines is 2. The van der Waals surface area contributed by atoms with Crippen LogP contribution in [0.15, 0.2) is 42.5 Å². The van der Waals surface area contributed by atoms with Gasteiger partial charge in [-0.2, -0.15) is 0 Å². The van der Waals surface area contributed by atoms with Crippen molar-refractivity contribution in [1.29, 1.82) is 0 Å². The lowest BCUT2D eigenvalue weighted by Crippen LogP contribution is -2.18. The highest BCUT2D eigenvalue weighted by Crippen LogP contribution is 2.26. The lowest BCUT2D eigenvalue weighted by atomic mass is 10.1. The van der Waals surface area contributed by atoms with Crippen LogP contribution in [0.1, 0.15) is 27.6 Å². The molecule has 25 heavy (non-hydrogen) atoms. The topological polar surface area (TPSA) is 96.5 Å². The second-order valence-corrected chi connectivity index (χ2v) is 5.21. The molecule has 7 nitrogen and oxygen atoms in total. The number of ether oxygens (including phenoxy) is 1. The summed E-state index contributed by atoms with van der Waals surface area (Å²) in [6, 6.07) is 11.3. The smallest absolute Gasteiger partial charge is 0.255 e. The van der Waals surface area contributed by atoms with E-state index in [1.165, 1.54) is 21.1 Å². The Morgan fingerprint density at radius 3 is 2.28 bits per heavy atom. The second-order valence-electron chi connectivity index (χ2n) is 5.21. The minimum Gasteiger partial charge on any atom is -0.495 e. The van der Waals surface area contributed by atoms with Gasteiger partial charge in [0.2, 0.25) is 5.91 Å². The zero-order valence-electron chi connectivity index (χ0n) is 14.2. The third-order valence-electron chi connectivity index (χ3n) is 3.38. The zero-order valence-corrected chi connectivity index (χ0v) is 14.2. The van der Waals surface area contributed by atoms with E-state index in [4.69, 9.17) is 4.74 Å². The summed E-state index contributed by atoms with van der Waals surface area (Å²) in [6.45, 7) is 1.39. The average Bonchev–Trinajstić information content (AvgIpc) is 2.61. The monoisotopic (exact) mass is 341 g/mol. The molecule has 0 saturated heterocycles. The van der Waals surface area contributed by atoms with Crippen LogP contribution in [0.25, 0.3) is 0 Å². The predicted molar refractivity (Wildman–Crippen MR) is 95.1 cm³/mol. The molecule has 3 N–H and O–H groups in total. The van der Waals surface area contributed by atoms with Crippen LogP contribution in [0.3, 0.4) is 0 Å². The molecule has 2 aromatic carbocycles. The molecule has 0 aliphatic carbocycles. The number of hydrogen-bond donors (Lipinski definition) is 3. The molecular weight excluding hydrogens is 322 g/mol. The summed E-state index contributed by atoms with van der Waals surface area (Å²) >= 11 is 0. The van der Waals surface area contributed by atoms with Crippen molar-refractivity contribution in [3.8, 4) is 5.75 Å². The summed E-state index contributed by atoms with van der Waals surface area (Å²) in [5.41, 5.74) is 1.76. The molecule has 3 amide bonds. The van der Waals surface area contributed by atoms with E-state index < -0.39 is 0 Å². The highest BCUT2D eigenvalue weighted by atomic mass is 16.5. The van der Waals surface area contributed by atoms with Crippen molar-refractivity contribution in [1.82, 2.24) is 5.32 Å². The Morgan fingerprint density at radius 1 is 0.920 bits per heavy atom. The molecule has 0 saturated carbocycles. The van der Waals surface area contributed by atoms with E-state index in [0.717, 1.165) is 0 Å². The Bertz CT molecular complexity index is 818. The summed E-state index contributed by atoms with van der Waals surface area (Å²) in [6.07, 6.45) is 0. The van der Waals surface area contributed by atoms with E-state index in [1.54, 1.807) is 42.5 Å². The van der Waals surface area contributed by atoms with Crippen molar-refractivity contribution in [2.75, 3.05) is 24.8 Å². The van der Waals surface area contributed by atoms with Gasteiger partial charge in [-0.25, -0.2) is 0 Å². The van der Waals surface area contributed by atoms with Crippen LogP contribution in [0, 0.1) is 0 Å². The zero-order chi connectivity index (χ0) is 18.4. The number of benzene rings is 2. The van der Waals surface area contributed by atoms with Crippen molar-refractivity contribution < 1.29 is 19.1 Å². The van der Waals surface area contributed by atoms with Crippen LogP contribution in [-0.4, -0.2) is 31.9 Å². The number of carbonyl (C=O) groups excluding carboxylic acids is 3. The summed E-state index contributed by atoms with van der Waals surface area (Å²) < 4.78 is 5.24. The third-order valence-corrected chi connectivity index (χ3v) is 3.38. The van der Waals surface area contributed by atoms with Crippen LogP contribution in [0.2, 0.25) is 0 Å². The van der Waals surface area contributed by atoms with Crippen LogP contribution >= 0.6 is 0 Å². The molecule has 0 heterocycles. The van der Waals surface area contributed by atoms with E-state index in [-0.39, 0.29) is 17.7 Å². The van der Waals surface area contributed by atoms with Crippen molar-refractivity contribution in [2.45, 2.75) is 6.92 Å². The van der Waals surface area contributed by atoms with Gasteiger partial charge in [-0.05, 0) is 36.4 Å². The highest BCUT2D eigenvalue weighted by molar-refractivity contribution is 6.06. The maximum atomic E-state index is 12.4. The first-order chi connectivity index (χ1) is 11.9. The minimum absolute atomic E-state index is 0.219. The summed E-state index contributed by atoms with van der Waals surface area (Å²) in [5.74, 6) is -0.464. The Morgan fingerprint density at radius 2 is 1.64 bits per heavy atom. The fourth-order valence-electron chi connectivity index (χ4n) is 2.22. The van der Waals surface area contributed by atoms with E-state index in [1.807, 2.05) is 0 Å². The lowest BCUT2D eigenvalue weighted by molar-refractivity contribution is -0.114. The average molecular weight is 341 g/mol. The van der Waals surface area contributed by atoms with Crippen LogP contribution in [0.4, 0.5) is 11.4 Å². The molecule has 0 bridgehead atoms. The second kappa shape index (κ2) is 7.96. The van der Waals surface area contributed by atoms with Gasteiger partial charge in [0.25, 0.3) is 11.8 Å². The number of rotatable bonds is 5. The third kappa shape index (κ3) is 4.57. The first-order valence-corrected chi connectivity index (χ1v) is 7.53. The van der Waals surface area contributed by atoms with Gasteiger partial charge in [0.15, 0.2) is 0 Å². The van der Waals surface area contributed by atoms with Gasteiger partial charge >= 0.3 is 0 Å². The number of amides is 3. The van der Waals surface area contributed by atoms with E-state index in [9.17, 15) is 14.4 Å². The minimum atomic E-state index is -0.363. The SMILES string of the molecule is CNC(=O)c1ccc(NC(=O)c2cccc(NC(C)=O)c2)c(OC)c1. The molecule has 130 valence electrons. The molecule has 0 spiro atoms. The normalized spacial score (nSPS) is 9.88. The van der Waals surface area contributed by atoms with Crippen molar-refractivity contribution in [2.24, 2.45) is 0 Å². The van der Waals surface area contributed by atoms with E-state index in [2.05, 4.69) is 16.0 Å². The Kier molecular flexibility index (Phi) is 5.73. The quantitative estimate of drug-likeness (QED) is 0.777. The molecule has 7 heteroatoms. The fraction of sp³-hybridized carbons (Fsp3) is 0.167. The maximum Gasteiger partial charge on any atom is 0.255 e. The summed E-state index contributed by atoms with van der Waals surface area (Å²) in [7, 11) is 2.99. The van der Waals surface area contributed by atoms with Gasteiger partial charge in [0.1, 0.15) is 5.75 Å². The number of carbonyl (C=O) groups is 3. The standard InChI is InChI=1S/C18H19N3O4/c1-11(22)20-14-6-4-5-12(9-14)18(24)21-15-8-7-13(17(23)19-2)10-16(15)25-3/h4-10H,1-3H3,(H,19,23)(H,20,22)(H,21,24). The highest BCUT2D eigenvalue weighted by Gasteiger charge is 2.13. The van der Waals surface area contributed by atoms with Crippen molar-refractivity contribution in [3.63, 3.8) is 0 Å². The van der Waals surface area contributed by atoms with Gasteiger partial charge in [0.05, 0.1) is 12.8 Å². The van der Waals surface area contributed by atoms with Gasteiger partial charge in [-0.3, -0.25) is 14.4 Å². The number of methoxy groups -OCH3 is 1. The van der Waals surface area contributed by atoms with Gasteiger partial charge < -0.3 is 20.7 Å². The van der Waals surface area contributed by atoms with Crippen molar-refractivity contribution >= 4 is 29.1 Å². The Hall–Kier alpha value is -3.35. The Labute approximate surface area is 145 Å². The van der Waals surface area contributed by atoms with Crippen LogP contribution in [-0.2, 0) is 4.79 Å². The molecule has 0 radical (unpaired) electrons. The molecule has 2 rings (SSSR count). The molecule has 0 aliphatic heterocycles.